The second-order valence-corrected chi connectivity index (χ2v) is 6.21. The third-order valence-electron chi connectivity index (χ3n) is 4.02. The van der Waals surface area contributed by atoms with Crippen molar-refractivity contribution in [1.29, 1.82) is 0 Å². The summed E-state index contributed by atoms with van der Waals surface area (Å²) in [6.45, 7) is 3.27. The van der Waals surface area contributed by atoms with Gasteiger partial charge in [-0.05, 0) is 42.0 Å². The molecule has 118 valence electrons. The van der Waals surface area contributed by atoms with Crippen LogP contribution in [0.2, 0.25) is 0 Å². The second kappa shape index (κ2) is 7.22. The van der Waals surface area contributed by atoms with Crippen molar-refractivity contribution < 1.29 is 4.79 Å². The molecule has 3 rings (SSSR count). The molecular weight excluding hydrogens is 318 g/mol. The van der Waals surface area contributed by atoms with Crippen molar-refractivity contribution in [1.82, 2.24) is 9.88 Å². The summed E-state index contributed by atoms with van der Waals surface area (Å²) in [6, 6.07) is 5.92. The number of halogens is 1. The van der Waals surface area contributed by atoms with Crippen LogP contribution in [0.4, 0.5) is 0 Å². The van der Waals surface area contributed by atoms with Crippen molar-refractivity contribution in [2.75, 3.05) is 6.54 Å². The highest BCUT2D eigenvalue weighted by Crippen LogP contribution is 2.35. The standard InChI is InChI=1S/C16H19N3OS.ClH/c1-2-14-13-5-8-21-15(13)4-7-19(14)16(20)11-3-6-18-12(9-11)10-17;/h3,5-6,8-9,14H,2,4,7,10,17H2,1H3;1H. The van der Waals surface area contributed by atoms with E-state index in [1.54, 1.807) is 29.7 Å². The quantitative estimate of drug-likeness (QED) is 0.935. The zero-order valence-electron chi connectivity index (χ0n) is 12.5. The third kappa shape index (κ3) is 3.02. The molecule has 2 aromatic rings. The molecule has 1 amide bonds. The number of nitrogens with zero attached hydrogens (tertiary/aromatic N) is 2. The Morgan fingerprint density at radius 1 is 1.50 bits per heavy atom. The Labute approximate surface area is 140 Å². The molecule has 0 bridgehead atoms. The van der Waals surface area contributed by atoms with Gasteiger partial charge in [-0.25, -0.2) is 0 Å². The van der Waals surface area contributed by atoms with Crippen LogP contribution >= 0.6 is 23.7 Å². The van der Waals surface area contributed by atoms with E-state index in [1.165, 1.54) is 10.4 Å². The largest absolute Gasteiger partial charge is 0.331 e. The number of hydrogen-bond donors (Lipinski definition) is 1. The highest BCUT2D eigenvalue weighted by molar-refractivity contribution is 7.10. The number of fused-ring (bicyclic) bond motifs is 1. The van der Waals surface area contributed by atoms with Crippen LogP contribution in [0.5, 0.6) is 0 Å². The van der Waals surface area contributed by atoms with E-state index < -0.39 is 0 Å². The van der Waals surface area contributed by atoms with Crippen molar-refractivity contribution in [2.45, 2.75) is 32.4 Å². The highest BCUT2D eigenvalue weighted by Gasteiger charge is 2.30. The maximum atomic E-state index is 12.8. The van der Waals surface area contributed by atoms with Gasteiger partial charge in [0.1, 0.15) is 0 Å². The van der Waals surface area contributed by atoms with Gasteiger partial charge in [0.2, 0.25) is 0 Å². The van der Waals surface area contributed by atoms with E-state index in [2.05, 4.69) is 23.4 Å². The lowest BCUT2D eigenvalue weighted by atomic mass is 9.97. The van der Waals surface area contributed by atoms with Crippen LogP contribution < -0.4 is 5.73 Å². The van der Waals surface area contributed by atoms with E-state index >= 15 is 0 Å². The minimum atomic E-state index is 0. The summed E-state index contributed by atoms with van der Waals surface area (Å²) in [7, 11) is 0. The van der Waals surface area contributed by atoms with Gasteiger partial charge in [-0.1, -0.05) is 6.92 Å². The predicted molar refractivity (Wildman–Crippen MR) is 91.5 cm³/mol. The summed E-state index contributed by atoms with van der Waals surface area (Å²) in [4.78, 5) is 20.4. The van der Waals surface area contributed by atoms with E-state index in [9.17, 15) is 4.79 Å². The molecular formula is C16H20ClN3OS. The molecule has 2 aromatic heterocycles. The van der Waals surface area contributed by atoms with Gasteiger partial charge in [-0.3, -0.25) is 9.78 Å². The first kappa shape index (κ1) is 16.9. The van der Waals surface area contributed by atoms with Gasteiger partial charge in [0.15, 0.2) is 0 Å². The van der Waals surface area contributed by atoms with Crippen molar-refractivity contribution in [3.8, 4) is 0 Å². The van der Waals surface area contributed by atoms with Crippen LogP contribution in [0, 0.1) is 0 Å². The molecule has 0 aliphatic carbocycles. The smallest absolute Gasteiger partial charge is 0.254 e. The Kier molecular flexibility index (Phi) is 5.56. The second-order valence-electron chi connectivity index (χ2n) is 5.21. The van der Waals surface area contributed by atoms with Crippen molar-refractivity contribution in [3.63, 3.8) is 0 Å². The van der Waals surface area contributed by atoms with Gasteiger partial charge in [0, 0.05) is 29.7 Å². The number of rotatable bonds is 3. The molecule has 2 N–H and O–H groups in total. The molecule has 1 aliphatic heterocycles. The molecule has 0 spiro atoms. The molecule has 0 saturated heterocycles. The lowest BCUT2D eigenvalue weighted by Gasteiger charge is -2.35. The molecule has 1 atom stereocenters. The van der Waals surface area contributed by atoms with Gasteiger partial charge < -0.3 is 10.6 Å². The maximum absolute atomic E-state index is 12.8. The molecule has 0 saturated carbocycles. The van der Waals surface area contributed by atoms with Crippen molar-refractivity contribution in [3.05, 3.63) is 51.5 Å². The van der Waals surface area contributed by atoms with E-state index in [4.69, 9.17) is 5.73 Å². The van der Waals surface area contributed by atoms with Crippen LogP contribution in [-0.2, 0) is 13.0 Å². The van der Waals surface area contributed by atoms with Crippen LogP contribution in [0.15, 0.2) is 29.8 Å². The van der Waals surface area contributed by atoms with E-state index in [0.717, 1.165) is 25.1 Å². The molecule has 1 unspecified atom stereocenters. The van der Waals surface area contributed by atoms with Crippen molar-refractivity contribution >= 4 is 29.7 Å². The fraction of sp³-hybridized carbons (Fsp3) is 0.375. The number of carbonyl (C=O) groups excluding carboxylic acids is 1. The Balaban J connectivity index is 0.00000176. The molecule has 0 aromatic carbocycles. The van der Waals surface area contributed by atoms with Gasteiger partial charge in [-0.2, -0.15) is 0 Å². The summed E-state index contributed by atoms with van der Waals surface area (Å²) < 4.78 is 0. The summed E-state index contributed by atoms with van der Waals surface area (Å²) >= 11 is 1.80. The van der Waals surface area contributed by atoms with Crippen LogP contribution in [0.3, 0.4) is 0 Å². The summed E-state index contributed by atoms with van der Waals surface area (Å²) in [5, 5.41) is 2.13. The monoisotopic (exact) mass is 337 g/mol. The van der Waals surface area contributed by atoms with Crippen LogP contribution in [0.25, 0.3) is 0 Å². The fourth-order valence-corrected chi connectivity index (χ4v) is 3.90. The SMILES string of the molecule is CCC1c2ccsc2CCN1C(=O)c1ccnc(CN)c1.Cl. The predicted octanol–water partition coefficient (Wildman–Crippen LogP) is 3.17. The number of amides is 1. The summed E-state index contributed by atoms with van der Waals surface area (Å²) in [5.74, 6) is 0.0794. The topological polar surface area (TPSA) is 59.2 Å². The first-order valence-corrected chi connectivity index (χ1v) is 8.14. The summed E-state index contributed by atoms with van der Waals surface area (Å²) in [6.07, 6.45) is 3.55. The van der Waals surface area contributed by atoms with Crippen LogP contribution in [0.1, 0.15) is 45.9 Å². The third-order valence-corrected chi connectivity index (χ3v) is 5.01. The number of hydrogen-bond acceptors (Lipinski definition) is 4. The molecule has 0 radical (unpaired) electrons. The van der Waals surface area contributed by atoms with Gasteiger partial charge >= 0.3 is 0 Å². The molecule has 4 nitrogen and oxygen atoms in total. The minimum absolute atomic E-state index is 0. The van der Waals surface area contributed by atoms with E-state index in [-0.39, 0.29) is 24.4 Å². The van der Waals surface area contributed by atoms with Crippen molar-refractivity contribution in [2.24, 2.45) is 5.73 Å². The number of nitrogens with two attached hydrogens (primary N) is 1. The van der Waals surface area contributed by atoms with E-state index in [1.807, 2.05) is 4.90 Å². The van der Waals surface area contributed by atoms with Crippen LogP contribution in [-0.4, -0.2) is 22.3 Å². The first-order valence-electron chi connectivity index (χ1n) is 7.26. The number of carbonyl (C=O) groups is 1. The number of pyridine rings is 1. The van der Waals surface area contributed by atoms with Gasteiger partial charge in [0.25, 0.3) is 5.91 Å². The van der Waals surface area contributed by atoms with E-state index in [0.29, 0.717) is 12.1 Å². The average Bonchev–Trinajstić information content (AvgIpc) is 3.01. The number of thiophene rings is 1. The van der Waals surface area contributed by atoms with Gasteiger partial charge in [0.05, 0.1) is 11.7 Å². The Hall–Kier alpha value is -1.43. The maximum Gasteiger partial charge on any atom is 0.254 e. The molecule has 6 heteroatoms. The Bertz CT molecular complexity index is 658. The summed E-state index contributed by atoms with van der Waals surface area (Å²) in [5.41, 5.74) is 8.36. The lowest BCUT2D eigenvalue weighted by molar-refractivity contribution is 0.0657. The molecule has 1 aliphatic rings. The number of aromatic nitrogens is 1. The Morgan fingerprint density at radius 3 is 3.05 bits per heavy atom. The van der Waals surface area contributed by atoms with Gasteiger partial charge in [-0.15, -0.1) is 23.7 Å². The first-order chi connectivity index (χ1) is 10.2. The molecule has 22 heavy (non-hydrogen) atoms. The molecule has 0 fully saturated rings. The minimum Gasteiger partial charge on any atom is -0.331 e. The lowest BCUT2D eigenvalue weighted by Crippen LogP contribution is -2.39. The molecule has 3 heterocycles. The zero-order valence-corrected chi connectivity index (χ0v) is 14.1. The normalized spacial score (nSPS) is 16.8. The highest BCUT2D eigenvalue weighted by atomic mass is 35.5. The average molecular weight is 338 g/mol. The Morgan fingerprint density at radius 2 is 2.32 bits per heavy atom. The zero-order chi connectivity index (χ0) is 14.8. The fourth-order valence-electron chi connectivity index (χ4n) is 2.97.